The summed E-state index contributed by atoms with van der Waals surface area (Å²) in [6.45, 7) is 2.80. The van der Waals surface area contributed by atoms with Crippen LogP contribution in [0.25, 0.3) is 16.9 Å². The molecule has 1 aromatic carbocycles. The second-order valence-corrected chi connectivity index (χ2v) is 6.60. The van der Waals surface area contributed by atoms with E-state index in [1.807, 2.05) is 6.07 Å². The van der Waals surface area contributed by atoms with Crippen LogP contribution in [-0.4, -0.2) is 15.9 Å². The maximum atomic E-state index is 5.97. The molecule has 0 fully saturated rings. The van der Waals surface area contributed by atoms with Crippen molar-refractivity contribution in [2.24, 2.45) is 5.73 Å². The monoisotopic (exact) mass is 305 g/mol. The molecule has 0 bridgehead atoms. The Labute approximate surface area is 137 Å². The van der Waals surface area contributed by atoms with E-state index >= 15 is 0 Å². The lowest BCUT2D eigenvalue weighted by Gasteiger charge is -2.17. The van der Waals surface area contributed by atoms with Crippen molar-refractivity contribution in [3.05, 3.63) is 59.4 Å². The minimum Gasteiger partial charge on any atom is -0.330 e. The van der Waals surface area contributed by atoms with Crippen molar-refractivity contribution in [2.45, 2.75) is 38.5 Å². The number of benzene rings is 1. The third kappa shape index (κ3) is 2.45. The average molecular weight is 305 g/mol. The molecule has 1 atom stereocenters. The van der Waals surface area contributed by atoms with Gasteiger partial charge in [-0.25, -0.2) is 4.98 Å². The van der Waals surface area contributed by atoms with Crippen molar-refractivity contribution in [1.82, 2.24) is 9.38 Å². The Hall–Kier alpha value is -2.13. The first-order valence-corrected chi connectivity index (χ1v) is 8.57. The summed E-state index contributed by atoms with van der Waals surface area (Å²) in [7, 11) is 0. The lowest BCUT2D eigenvalue weighted by Crippen LogP contribution is -2.12. The summed E-state index contributed by atoms with van der Waals surface area (Å²) in [4.78, 5) is 4.91. The van der Waals surface area contributed by atoms with Gasteiger partial charge in [0.2, 0.25) is 0 Å². The van der Waals surface area contributed by atoms with E-state index < -0.39 is 0 Å². The minimum atomic E-state index is 0.276. The average Bonchev–Trinajstić information content (AvgIpc) is 3.00. The van der Waals surface area contributed by atoms with Gasteiger partial charge in [-0.15, -0.1) is 0 Å². The van der Waals surface area contributed by atoms with Crippen molar-refractivity contribution < 1.29 is 0 Å². The van der Waals surface area contributed by atoms with Gasteiger partial charge in [0.05, 0.1) is 11.4 Å². The van der Waals surface area contributed by atoms with E-state index in [0.29, 0.717) is 6.54 Å². The molecule has 0 amide bonds. The zero-order chi connectivity index (χ0) is 15.8. The highest BCUT2D eigenvalue weighted by atomic mass is 15.0. The Morgan fingerprint density at radius 1 is 1.13 bits per heavy atom. The Morgan fingerprint density at radius 3 is 2.78 bits per heavy atom. The predicted octanol–water partition coefficient (Wildman–Crippen LogP) is 3.94. The highest BCUT2D eigenvalue weighted by Gasteiger charge is 2.19. The fourth-order valence-corrected chi connectivity index (χ4v) is 3.69. The van der Waals surface area contributed by atoms with Crippen LogP contribution in [0.4, 0.5) is 0 Å². The highest BCUT2D eigenvalue weighted by molar-refractivity contribution is 5.68. The third-order valence-corrected chi connectivity index (χ3v) is 5.01. The summed E-state index contributed by atoms with van der Waals surface area (Å²) in [5.74, 6) is 0.276. The Morgan fingerprint density at radius 2 is 1.96 bits per heavy atom. The number of aromatic nitrogens is 2. The van der Waals surface area contributed by atoms with E-state index in [1.54, 1.807) is 0 Å². The first kappa shape index (κ1) is 14.5. The van der Waals surface area contributed by atoms with Crippen molar-refractivity contribution in [3.8, 4) is 11.3 Å². The summed E-state index contributed by atoms with van der Waals surface area (Å²) in [5, 5.41) is 0. The summed E-state index contributed by atoms with van der Waals surface area (Å²) in [6.07, 6.45) is 7.11. The molecule has 2 N–H and O–H groups in total. The molecule has 0 radical (unpaired) electrons. The Bertz CT molecular complexity index is 847. The van der Waals surface area contributed by atoms with E-state index in [4.69, 9.17) is 10.7 Å². The Kier molecular flexibility index (Phi) is 3.66. The number of aryl methyl sites for hydroxylation is 2. The molecule has 3 heteroatoms. The van der Waals surface area contributed by atoms with Gasteiger partial charge in [-0.05, 0) is 55.0 Å². The van der Waals surface area contributed by atoms with Crippen LogP contribution in [0, 0.1) is 0 Å². The molecule has 1 aliphatic rings. The van der Waals surface area contributed by atoms with Crippen molar-refractivity contribution in [2.75, 3.05) is 6.54 Å². The summed E-state index contributed by atoms with van der Waals surface area (Å²) in [6, 6.07) is 13.0. The van der Waals surface area contributed by atoms with Crippen molar-refractivity contribution >= 4 is 5.65 Å². The molecule has 118 valence electrons. The summed E-state index contributed by atoms with van der Waals surface area (Å²) >= 11 is 0. The molecular formula is C20H23N3. The van der Waals surface area contributed by atoms with Gasteiger partial charge in [0.25, 0.3) is 0 Å². The topological polar surface area (TPSA) is 43.3 Å². The Balaban J connectivity index is 1.91. The van der Waals surface area contributed by atoms with E-state index in [9.17, 15) is 0 Å². The fourth-order valence-electron chi connectivity index (χ4n) is 3.69. The molecule has 2 heterocycles. The highest BCUT2D eigenvalue weighted by Crippen LogP contribution is 2.32. The predicted molar refractivity (Wildman–Crippen MR) is 94.7 cm³/mol. The van der Waals surface area contributed by atoms with Crippen molar-refractivity contribution in [1.29, 1.82) is 0 Å². The van der Waals surface area contributed by atoms with Crippen LogP contribution in [0.2, 0.25) is 0 Å². The number of imidazole rings is 1. The van der Waals surface area contributed by atoms with Gasteiger partial charge in [-0.2, -0.15) is 0 Å². The van der Waals surface area contributed by atoms with Crippen LogP contribution in [0.1, 0.15) is 42.5 Å². The molecule has 0 saturated heterocycles. The van der Waals surface area contributed by atoms with Crippen LogP contribution in [0.15, 0.2) is 42.6 Å². The molecule has 4 rings (SSSR count). The molecular weight excluding hydrogens is 282 g/mol. The van der Waals surface area contributed by atoms with Crippen LogP contribution < -0.4 is 5.73 Å². The largest absolute Gasteiger partial charge is 0.330 e. The van der Waals surface area contributed by atoms with Gasteiger partial charge in [0.1, 0.15) is 5.65 Å². The number of fused-ring (bicyclic) bond motifs is 2. The van der Waals surface area contributed by atoms with Gasteiger partial charge in [0, 0.05) is 24.2 Å². The molecule has 3 aromatic rings. The quantitative estimate of drug-likeness (QED) is 0.796. The number of hydrogen-bond donors (Lipinski definition) is 1. The second kappa shape index (κ2) is 5.82. The SMILES string of the molecule is CC(CN)c1c(-c2ccc3c(c2)CCCC3)nc2ccccn12. The number of nitrogens with two attached hydrogens (primary N) is 1. The first-order chi connectivity index (χ1) is 11.3. The van der Waals surface area contributed by atoms with Gasteiger partial charge in [0.15, 0.2) is 0 Å². The van der Waals surface area contributed by atoms with Crippen LogP contribution in [0.3, 0.4) is 0 Å². The fraction of sp³-hybridized carbons (Fsp3) is 0.350. The molecule has 2 aromatic heterocycles. The second-order valence-electron chi connectivity index (χ2n) is 6.60. The van der Waals surface area contributed by atoms with Crippen LogP contribution in [0.5, 0.6) is 0 Å². The lowest BCUT2D eigenvalue weighted by atomic mass is 9.89. The van der Waals surface area contributed by atoms with Gasteiger partial charge in [-0.1, -0.05) is 25.1 Å². The van der Waals surface area contributed by atoms with Crippen LogP contribution in [-0.2, 0) is 12.8 Å². The van der Waals surface area contributed by atoms with Gasteiger partial charge < -0.3 is 10.1 Å². The zero-order valence-electron chi connectivity index (χ0n) is 13.6. The first-order valence-electron chi connectivity index (χ1n) is 8.57. The van der Waals surface area contributed by atoms with E-state index in [1.165, 1.54) is 48.1 Å². The molecule has 0 saturated carbocycles. The van der Waals surface area contributed by atoms with Gasteiger partial charge >= 0.3 is 0 Å². The number of hydrogen-bond acceptors (Lipinski definition) is 2. The summed E-state index contributed by atoms with van der Waals surface area (Å²) in [5.41, 5.74) is 13.5. The number of rotatable bonds is 3. The standard InChI is InChI=1S/C20H23N3/c1-14(13-21)20-19(22-18-8-4-5-11-23(18)20)17-10-9-15-6-2-3-7-16(15)12-17/h4-5,8-12,14H,2-3,6-7,13,21H2,1H3. The van der Waals surface area contributed by atoms with Gasteiger partial charge in [-0.3, -0.25) is 0 Å². The number of nitrogens with zero attached hydrogens (tertiary/aromatic N) is 2. The van der Waals surface area contributed by atoms with E-state index in [-0.39, 0.29) is 5.92 Å². The van der Waals surface area contributed by atoms with E-state index in [2.05, 4.69) is 47.9 Å². The molecule has 0 spiro atoms. The minimum absolute atomic E-state index is 0.276. The molecule has 1 aliphatic carbocycles. The number of pyridine rings is 1. The molecule has 1 unspecified atom stereocenters. The summed E-state index contributed by atoms with van der Waals surface area (Å²) < 4.78 is 2.19. The molecule has 0 aliphatic heterocycles. The molecule has 3 nitrogen and oxygen atoms in total. The zero-order valence-corrected chi connectivity index (χ0v) is 13.6. The maximum absolute atomic E-state index is 5.97. The van der Waals surface area contributed by atoms with Crippen LogP contribution >= 0.6 is 0 Å². The van der Waals surface area contributed by atoms with Crippen molar-refractivity contribution in [3.63, 3.8) is 0 Å². The lowest BCUT2D eigenvalue weighted by molar-refractivity contribution is 0.685. The van der Waals surface area contributed by atoms with E-state index in [0.717, 1.165) is 11.3 Å². The third-order valence-electron chi connectivity index (χ3n) is 5.01. The normalized spacial score (nSPS) is 15.6. The molecule has 23 heavy (non-hydrogen) atoms. The maximum Gasteiger partial charge on any atom is 0.137 e. The smallest absolute Gasteiger partial charge is 0.137 e.